The van der Waals surface area contributed by atoms with Gasteiger partial charge in [-0.2, -0.15) is 4.98 Å². The summed E-state index contributed by atoms with van der Waals surface area (Å²) < 4.78 is 5.59. The number of nitrogens with zero attached hydrogens (tertiary/aromatic N) is 3. The van der Waals surface area contributed by atoms with E-state index in [1.807, 2.05) is 47.8 Å². The van der Waals surface area contributed by atoms with Gasteiger partial charge in [0.15, 0.2) is 5.82 Å². The SMILES string of the molecule is CN1CCNCC1c1noc(C(Cc2ccccc2)NC(=O)c2cccs2)n1.Cl. The van der Waals surface area contributed by atoms with Crippen LogP contribution in [0.2, 0.25) is 0 Å². The minimum Gasteiger partial charge on any atom is -0.339 e. The monoisotopic (exact) mass is 433 g/mol. The Morgan fingerprint density at radius 1 is 1.34 bits per heavy atom. The summed E-state index contributed by atoms with van der Waals surface area (Å²) in [4.78, 5) is 20.1. The minimum atomic E-state index is -0.389. The fraction of sp³-hybridized carbons (Fsp3) is 0.350. The molecule has 3 heterocycles. The zero-order chi connectivity index (χ0) is 19.3. The summed E-state index contributed by atoms with van der Waals surface area (Å²) in [5.41, 5.74) is 1.09. The van der Waals surface area contributed by atoms with E-state index in [9.17, 15) is 4.79 Å². The van der Waals surface area contributed by atoms with Gasteiger partial charge in [0.1, 0.15) is 6.04 Å². The fourth-order valence-electron chi connectivity index (χ4n) is 3.31. The van der Waals surface area contributed by atoms with E-state index in [0.29, 0.717) is 23.0 Å². The van der Waals surface area contributed by atoms with Crippen molar-refractivity contribution >= 4 is 29.7 Å². The first-order valence-electron chi connectivity index (χ1n) is 9.33. The molecule has 1 saturated heterocycles. The molecule has 1 aromatic carbocycles. The highest BCUT2D eigenvalue weighted by molar-refractivity contribution is 7.12. The highest BCUT2D eigenvalue weighted by atomic mass is 35.5. The summed E-state index contributed by atoms with van der Waals surface area (Å²) in [6.07, 6.45) is 0.582. The molecule has 29 heavy (non-hydrogen) atoms. The molecule has 1 aliphatic heterocycles. The van der Waals surface area contributed by atoms with Crippen molar-refractivity contribution in [2.45, 2.75) is 18.5 Å². The number of rotatable bonds is 6. The van der Waals surface area contributed by atoms with Crippen LogP contribution in [0.15, 0.2) is 52.4 Å². The predicted molar refractivity (Wildman–Crippen MR) is 114 cm³/mol. The van der Waals surface area contributed by atoms with E-state index in [1.54, 1.807) is 0 Å². The lowest BCUT2D eigenvalue weighted by Crippen LogP contribution is -2.44. The maximum absolute atomic E-state index is 12.6. The standard InChI is InChI=1S/C20H23N5O2S.ClH/c1-25-10-9-21-13-16(25)18-23-20(27-24-18)15(12-14-6-3-2-4-7-14)22-19(26)17-8-5-11-28-17;/h2-8,11,15-16,21H,9-10,12-13H2,1H3,(H,22,26);1H. The van der Waals surface area contributed by atoms with Gasteiger partial charge in [-0.05, 0) is 24.1 Å². The molecule has 154 valence electrons. The predicted octanol–water partition coefficient (Wildman–Crippen LogP) is 2.84. The minimum absolute atomic E-state index is 0. The Bertz CT molecular complexity index is 903. The average Bonchev–Trinajstić information content (AvgIpc) is 3.41. The maximum atomic E-state index is 12.6. The zero-order valence-electron chi connectivity index (χ0n) is 16.1. The van der Waals surface area contributed by atoms with Gasteiger partial charge in [-0.15, -0.1) is 23.7 Å². The lowest BCUT2D eigenvalue weighted by atomic mass is 10.1. The van der Waals surface area contributed by atoms with E-state index in [2.05, 4.69) is 32.7 Å². The number of halogens is 1. The Balaban J connectivity index is 0.00000240. The average molecular weight is 434 g/mol. The van der Waals surface area contributed by atoms with Gasteiger partial charge in [0.05, 0.1) is 10.9 Å². The van der Waals surface area contributed by atoms with Crippen molar-refractivity contribution in [1.82, 2.24) is 25.7 Å². The summed E-state index contributed by atoms with van der Waals surface area (Å²) in [6, 6.07) is 13.3. The van der Waals surface area contributed by atoms with Gasteiger partial charge in [-0.1, -0.05) is 41.6 Å². The summed E-state index contributed by atoms with van der Waals surface area (Å²) in [5.74, 6) is 0.947. The van der Waals surface area contributed by atoms with Crippen LogP contribution in [0.1, 0.15) is 39.0 Å². The lowest BCUT2D eigenvalue weighted by Gasteiger charge is -2.30. The van der Waals surface area contributed by atoms with Gasteiger partial charge in [0.2, 0.25) is 5.89 Å². The van der Waals surface area contributed by atoms with Crippen molar-refractivity contribution in [3.05, 3.63) is 70.0 Å². The molecule has 1 fully saturated rings. The molecule has 0 saturated carbocycles. The van der Waals surface area contributed by atoms with Crippen molar-refractivity contribution in [3.8, 4) is 0 Å². The van der Waals surface area contributed by atoms with E-state index in [0.717, 1.165) is 25.2 Å². The van der Waals surface area contributed by atoms with Crippen molar-refractivity contribution in [3.63, 3.8) is 0 Å². The highest BCUT2D eigenvalue weighted by Crippen LogP contribution is 2.23. The number of benzene rings is 1. The second kappa shape index (κ2) is 9.98. The number of aromatic nitrogens is 2. The largest absolute Gasteiger partial charge is 0.339 e. The topological polar surface area (TPSA) is 83.3 Å². The number of thiophene rings is 1. The van der Waals surface area contributed by atoms with Crippen molar-refractivity contribution < 1.29 is 9.32 Å². The number of amides is 1. The van der Waals surface area contributed by atoms with Crippen LogP contribution in [0.4, 0.5) is 0 Å². The third-order valence-electron chi connectivity index (χ3n) is 4.90. The van der Waals surface area contributed by atoms with Crippen LogP contribution >= 0.6 is 23.7 Å². The molecule has 7 nitrogen and oxygen atoms in total. The van der Waals surface area contributed by atoms with Crippen molar-refractivity contribution in [1.29, 1.82) is 0 Å². The summed E-state index contributed by atoms with van der Waals surface area (Å²) in [6.45, 7) is 2.66. The molecule has 2 N–H and O–H groups in total. The molecule has 1 amide bonds. The normalized spacial score (nSPS) is 18.0. The number of hydrogen-bond acceptors (Lipinski definition) is 7. The summed E-state index contributed by atoms with van der Waals surface area (Å²) in [7, 11) is 2.06. The van der Waals surface area contributed by atoms with Crippen LogP contribution in [0.5, 0.6) is 0 Å². The molecule has 0 bridgehead atoms. The number of likely N-dealkylation sites (N-methyl/N-ethyl adjacent to an activating group) is 1. The first-order chi connectivity index (χ1) is 13.7. The van der Waals surface area contributed by atoms with Gasteiger partial charge >= 0.3 is 0 Å². The Morgan fingerprint density at radius 3 is 2.90 bits per heavy atom. The molecule has 1 aliphatic rings. The van der Waals surface area contributed by atoms with Crippen LogP contribution < -0.4 is 10.6 Å². The molecular formula is C20H24ClN5O2S. The van der Waals surface area contributed by atoms with Gasteiger partial charge in [-0.25, -0.2) is 0 Å². The number of carbonyl (C=O) groups excluding carboxylic acids is 1. The summed E-state index contributed by atoms with van der Waals surface area (Å²) in [5, 5.41) is 12.5. The Hall–Kier alpha value is -2.26. The molecule has 0 spiro atoms. The number of nitrogens with one attached hydrogen (secondary N) is 2. The zero-order valence-corrected chi connectivity index (χ0v) is 17.7. The van der Waals surface area contributed by atoms with Gasteiger partial charge in [0, 0.05) is 26.1 Å². The van der Waals surface area contributed by atoms with E-state index in [4.69, 9.17) is 4.52 Å². The lowest BCUT2D eigenvalue weighted by molar-refractivity contribution is 0.0932. The molecule has 0 radical (unpaired) electrons. The number of hydrogen-bond donors (Lipinski definition) is 2. The van der Waals surface area contributed by atoms with E-state index < -0.39 is 0 Å². The van der Waals surface area contributed by atoms with Gasteiger partial charge in [0.25, 0.3) is 5.91 Å². The third-order valence-corrected chi connectivity index (χ3v) is 5.77. The summed E-state index contributed by atoms with van der Waals surface area (Å²) >= 11 is 1.41. The third kappa shape index (κ3) is 5.22. The van der Waals surface area contributed by atoms with Gasteiger partial charge < -0.3 is 15.2 Å². The first-order valence-corrected chi connectivity index (χ1v) is 10.2. The van der Waals surface area contributed by atoms with Gasteiger partial charge in [-0.3, -0.25) is 9.69 Å². The number of carbonyl (C=O) groups is 1. The number of piperazine rings is 1. The second-order valence-electron chi connectivity index (χ2n) is 6.88. The van der Waals surface area contributed by atoms with Crippen LogP contribution in [-0.2, 0) is 6.42 Å². The fourth-order valence-corrected chi connectivity index (χ4v) is 3.93. The molecular weight excluding hydrogens is 410 g/mol. The van der Waals surface area contributed by atoms with E-state index >= 15 is 0 Å². The van der Waals surface area contributed by atoms with Crippen LogP contribution in [0.25, 0.3) is 0 Å². The maximum Gasteiger partial charge on any atom is 0.262 e. The molecule has 0 aliphatic carbocycles. The quantitative estimate of drug-likeness (QED) is 0.622. The molecule has 2 aromatic heterocycles. The molecule has 4 rings (SSSR count). The van der Waals surface area contributed by atoms with Crippen LogP contribution in [-0.4, -0.2) is 47.6 Å². The van der Waals surface area contributed by atoms with Crippen LogP contribution in [0, 0.1) is 0 Å². The second-order valence-corrected chi connectivity index (χ2v) is 7.83. The molecule has 2 atom stereocenters. The molecule has 2 unspecified atom stereocenters. The smallest absolute Gasteiger partial charge is 0.262 e. The Morgan fingerprint density at radius 2 is 2.17 bits per heavy atom. The van der Waals surface area contributed by atoms with Crippen LogP contribution in [0.3, 0.4) is 0 Å². The first kappa shape index (κ1) is 21.4. The molecule has 3 aromatic rings. The van der Waals surface area contributed by atoms with Crippen molar-refractivity contribution in [2.24, 2.45) is 0 Å². The Kier molecular flexibility index (Phi) is 7.38. The van der Waals surface area contributed by atoms with Crippen molar-refractivity contribution in [2.75, 3.05) is 26.7 Å². The van der Waals surface area contributed by atoms with E-state index in [-0.39, 0.29) is 30.4 Å². The van der Waals surface area contributed by atoms with E-state index in [1.165, 1.54) is 11.3 Å². The Labute approximate surface area is 179 Å². The highest BCUT2D eigenvalue weighted by Gasteiger charge is 2.28. The molecule has 9 heteroatoms.